The highest BCUT2D eigenvalue weighted by Crippen LogP contribution is 2.34. The van der Waals surface area contributed by atoms with Crippen molar-refractivity contribution in [3.8, 4) is 0 Å². The lowest BCUT2D eigenvalue weighted by molar-refractivity contribution is -0.153. The van der Waals surface area contributed by atoms with Gasteiger partial charge in [0.2, 0.25) is 11.8 Å². The first kappa shape index (κ1) is 12.1. The predicted octanol–water partition coefficient (Wildman–Crippen LogP) is 1.22. The third kappa shape index (κ3) is 1.96. The average Bonchev–Trinajstić information content (AvgIpc) is 2.71. The van der Waals surface area contributed by atoms with Crippen molar-refractivity contribution in [2.45, 2.75) is 51.1 Å². The maximum absolute atomic E-state index is 12.5. The van der Waals surface area contributed by atoms with Crippen LogP contribution in [0.1, 0.15) is 39.5 Å². The van der Waals surface area contributed by atoms with Crippen LogP contribution in [0.15, 0.2) is 12.2 Å². The number of carbonyl (C=O) groups excluding carboxylic acids is 2. The summed E-state index contributed by atoms with van der Waals surface area (Å²) in [6.07, 6.45) is 3.58. The molecule has 4 heteroatoms. The van der Waals surface area contributed by atoms with Crippen LogP contribution in [0.25, 0.3) is 0 Å². The van der Waals surface area contributed by atoms with E-state index in [-0.39, 0.29) is 17.9 Å². The van der Waals surface area contributed by atoms with Gasteiger partial charge in [-0.3, -0.25) is 9.59 Å². The van der Waals surface area contributed by atoms with E-state index in [1.807, 2.05) is 6.92 Å². The summed E-state index contributed by atoms with van der Waals surface area (Å²) in [7, 11) is 0. The Balaban J connectivity index is 2.26. The van der Waals surface area contributed by atoms with Gasteiger partial charge < -0.3 is 10.2 Å². The number of carbonyl (C=O) groups is 2. The minimum Gasteiger partial charge on any atom is -0.340 e. The predicted molar refractivity (Wildman–Crippen MR) is 65.3 cm³/mol. The first-order valence-electron chi connectivity index (χ1n) is 6.24. The van der Waals surface area contributed by atoms with Gasteiger partial charge in [0.25, 0.3) is 0 Å². The number of hydrogen-bond acceptors (Lipinski definition) is 2. The fraction of sp³-hybridized carbons (Fsp3) is 0.692. The van der Waals surface area contributed by atoms with Crippen LogP contribution in [0.2, 0.25) is 0 Å². The molecule has 0 bridgehead atoms. The van der Waals surface area contributed by atoms with Crippen molar-refractivity contribution in [1.82, 2.24) is 10.2 Å². The summed E-state index contributed by atoms with van der Waals surface area (Å²) in [6, 6.07) is -0.384. The second-order valence-corrected chi connectivity index (χ2v) is 5.34. The van der Waals surface area contributed by atoms with Crippen molar-refractivity contribution >= 4 is 11.8 Å². The summed E-state index contributed by atoms with van der Waals surface area (Å²) >= 11 is 0. The lowest BCUT2D eigenvalue weighted by atomic mass is 9.91. The van der Waals surface area contributed by atoms with Crippen LogP contribution in [0.3, 0.4) is 0 Å². The van der Waals surface area contributed by atoms with Gasteiger partial charge in [0, 0.05) is 6.54 Å². The third-order valence-electron chi connectivity index (χ3n) is 3.78. The number of nitrogens with zero attached hydrogens (tertiary/aromatic N) is 1. The summed E-state index contributed by atoms with van der Waals surface area (Å²) in [6.45, 7) is 7.97. The fourth-order valence-electron chi connectivity index (χ4n) is 2.80. The van der Waals surface area contributed by atoms with E-state index in [4.69, 9.17) is 0 Å². The molecule has 1 atom stereocenters. The van der Waals surface area contributed by atoms with Gasteiger partial charge in [0.1, 0.15) is 11.6 Å². The van der Waals surface area contributed by atoms with Crippen molar-refractivity contribution in [2.24, 2.45) is 0 Å². The van der Waals surface area contributed by atoms with E-state index in [0.29, 0.717) is 6.54 Å². The average molecular weight is 236 g/mol. The Morgan fingerprint density at radius 1 is 1.47 bits per heavy atom. The lowest BCUT2D eigenvalue weighted by Gasteiger charge is -2.43. The minimum atomic E-state index is -0.612. The van der Waals surface area contributed by atoms with Crippen LogP contribution in [-0.4, -0.2) is 34.8 Å². The quantitative estimate of drug-likeness (QED) is 0.733. The summed E-state index contributed by atoms with van der Waals surface area (Å²) in [5, 5.41) is 2.93. The molecule has 1 saturated heterocycles. The number of nitrogens with one attached hydrogen (secondary N) is 1. The Kier molecular flexibility index (Phi) is 2.98. The van der Waals surface area contributed by atoms with Gasteiger partial charge in [0.15, 0.2) is 0 Å². The van der Waals surface area contributed by atoms with Gasteiger partial charge in [-0.25, -0.2) is 0 Å². The fourth-order valence-corrected chi connectivity index (χ4v) is 2.80. The lowest BCUT2D eigenvalue weighted by Crippen LogP contribution is -2.68. The van der Waals surface area contributed by atoms with Crippen molar-refractivity contribution in [3.63, 3.8) is 0 Å². The van der Waals surface area contributed by atoms with Crippen LogP contribution < -0.4 is 5.32 Å². The van der Waals surface area contributed by atoms with E-state index >= 15 is 0 Å². The molecule has 2 aliphatic rings. The molecule has 2 rings (SSSR count). The largest absolute Gasteiger partial charge is 0.340 e. The molecule has 1 unspecified atom stereocenters. The maximum Gasteiger partial charge on any atom is 0.249 e. The topological polar surface area (TPSA) is 49.4 Å². The molecule has 0 radical (unpaired) electrons. The van der Waals surface area contributed by atoms with Gasteiger partial charge >= 0.3 is 0 Å². The normalized spacial score (nSPS) is 27.4. The molecular weight excluding hydrogens is 216 g/mol. The van der Waals surface area contributed by atoms with Crippen LogP contribution in [0.5, 0.6) is 0 Å². The summed E-state index contributed by atoms with van der Waals surface area (Å²) in [4.78, 5) is 26.1. The zero-order valence-electron chi connectivity index (χ0n) is 10.6. The van der Waals surface area contributed by atoms with E-state index in [1.165, 1.54) is 0 Å². The Morgan fingerprint density at radius 3 is 2.59 bits per heavy atom. The highest BCUT2D eigenvalue weighted by molar-refractivity contribution is 5.99. The Morgan fingerprint density at radius 2 is 2.06 bits per heavy atom. The molecular formula is C13H20N2O2. The molecule has 1 aliphatic carbocycles. The Hall–Kier alpha value is -1.32. The molecule has 0 aromatic rings. The zero-order chi connectivity index (χ0) is 12.6. The summed E-state index contributed by atoms with van der Waals surface area (Å²) in [5.41, 5.74) is 0.298. The molecule has 2 amide bonds. The molecule has 1 spiro atoms. The molecule has 1 N–H and O–H groups in total. The highest BCUT2D eigenvalue weighted by Gasteiger charge is 2.50. The first-order chi connectivity index (χ1) is 7.96. The van der Waals surface area contributed by atoms with Gasteiger partial charge in [-0.1, -0.05) is 25.0 Å². The van der Waals surface area contributed by atoms with E-state index in [2.05, 4.69) is 11.9 Å². The third-order valence-corrected chi connectivity index (χ3v) is 3.78. The van der Waals surface area contributed by atoms with E-state index in [0.717, 1.165) is 31.3 Å². The van der Waals surface area contributed by atoms with Crippen LogP contribution in [0, 0.1) is 0 Å². The van der Waals surface area contributed by atoms with Gasteiger partial charge in [-0.05, 0) is 26.7 Å². The number of hydrogen-bond donors (Lipinski definition) is 1. The second-order valence-electron chi connectivity index (χ2n) is 5.34. The van der Waals surface area contributed by atoms with E-state index in [1.54, 1.807) is 11.8 Å². The molecule has 2 fully saturated rings. The van der Waals surface area contributed by atoms with E-state index in [9.17, 15) is 9.59 Å². The van der Waals surface area contributed by atoms with Gasteiger partial charge in [-0.2, -0.15) is 0 Å². The van der Waals surface area contributed by atoms with Crippen molar-refractivity contribution in [1.29, 1.82) is 0 Å². The standard InChI is InChI=1S/C13H20N2O2/c1-9(2)8-15-10(3)11(16)14-13(12(15)17)6-4-5-7-13/h10H,1,4-8H2,2-3H3,(H,14,16). The van der Waals surface area contributed by atoms with Crippen LogP contribution in [0.4, 0.5) is 0 Å². The van der Waals surface area contributed by atoms with Crippen molar-refractivity contribution in [2.75, 3.05) is 6.54 Å². The minimum absolute atomic E-state index is 0.0345. The summed E-state index contributed by atoms with van der Waals surface area (Å²) < 4.78 is 0. The SMILES string of the molecule is C=C(C)CN1C(=O)C2(CCCC2)NC(=O)C1C. The number of piperazine rings is 1. The molecule has 4 nitrogen and oxygen atoms in total. The van der Waals surface area contributed by atoms with Crippen molar-refractivity contribution in [3.05, 3.63) is 12.2 Å². The zero-order valence-corrected chi connectivity index (χ0v) is 10.6. The van der Waals surface area contributed by atoms with Gasteiger partial charge in [0.05, 0.1) is 0 Å². The molecule has 1 saturated carbocycles. The van der Waals surface area contributed by atoms with E-state index < -0.39 is 5.54 Å². The molecule has 0 aromatic carbocycles. The van der Waals surface area contributed by atoms with Crippen LogP contribution in [-0.2, 0) is 9.59 Å². The highest BCUT2D eigenvalue weighted by atomic mass is 16.2. The number of rotatable bonds is 2. The monoisotopic (exact) mass is 236 g/mol. The number of amides is 2. The van der Waals surface area contributed by atoms with Crippen LogP contribution >= 0.6 is 0 Å². The Labute approximate surface area is 102 Å². The van der Waals surface area contributed by atoms with Gasteiger partial charge in [-0.15, -0.1) is 0 Å². The molecule has 94 valence electrons. The maximum atomic E-state index is 12.5. The molecule has 0 aromatic heterocycles. The smallest absolute Gasteiger partial charge is 0.249 e. The molecule has 17 heavy (non-hydrogen) atoms. The summed E-state index contributed by atoms with van der Waals surface area (Å²) in [5.74, 6) is 0.0397. The van der Waals surface area contributed by atoms with Crippen molar-refractivity contribution < 1.29 is 9.59 Å². The second kappa shape index (κ2) is 4.17. The Bertz CT molecular complexity index is 370. The first-order valence-corrected chi connectivity index (χ1v) is 6.24. The molecule has 1 heterocycles. The molecule has 1 aliphatic heterocycles.